The SMILES string of the molecule is CCCCCCCC/C=C\CCCCCCCC(=O)NCCC1=CC(O)C(C)(O)C=C1. The minimum absolute atomic E-state index is 0.102. The lowest BCUT2D eigenvalue weighted by molar-refractivity contribution is -0.121. The Morgan fingerprint density at radius 3 is 2.19 bits per heavy atom. The molecule has 1 amide bonds. The summed E-state index contributed by atoms with van der Waals surface area (Å²) in [7, 11) is 0. The van der Waals surface area contributed by atoms with Crippen molar-refractivity contribution in [3.05, 3.63) is 36.0 Å². The number of aliphatic hydroxyl groups excluding tert-OH is 1. The van der Waals surface area contributed by atoms with E-state index in [0.717, 1.165) is 18.4 Å². The maximum absolute atomic E-state index is 11.9. The maximum atomic E-state index is 11.9. The highest BCUT2D eigenvalue weighted by molar-refractivity contribution is 5.75. The average Bonchev–Trinajstić information content (AvgIpc) is 2.73. The number of unbranched alkanes of at least 4 members (excludes halogenated alkanes) is 11. The molecule has 2 atom stereocenters. The first-order valence-corrected chi connectivity index (χ1v) is 12.7. The predicted octanol–water partition coefficient (Wildman–Crippen LogP) is 6.14. The van der Waals surface area contributed by atoms with Crippen LogP contribution in [0.4, 0.5) is 0 Å². The lowest BCUT2D eigenvalue weighted by Crippen LogP contribution is -2.37. The van der Waals surface area contributed by atoms with Crippen molar-refractivity contribution in [1.82, 2.24) is 5.32 Å². The zero-order chi connectivity index (χ0) is 22.8. The van der Waals surface area contributed by atoms with Gasteiger partial charge in [-0.1, -0.05) is 82.6 Å². The molecule has 31 heavy (non-hydrogen) atoms. The number of hydrogen-bond donors (Lipinski definition) is 3. The molecule has 178 valence electrons. The monoisotopic (exact) mass is 433 g/mol. The molecule has 4 heteroatoms. The second-order valence-corrected chi connectivity index (χ2v) is 9.18. The summed E-state index contributed by atoms with van der Waals surface area (Å²) in [6.45, 7) is 4.41. The van der Waals surface area contributed by atoms with Crippen molar-refractivity contribution in [2.75, 3.05) is 6.54 Å². The molecule has 0 saturated heterocycles. The molecule has 0 heterocycles. The van der Waals surface area contributed by atoms with Crippen molar-refractivity contribution < 1.29 is 15.0 Å². The molecule has 0 aromatic heterocycles. The summed E-state index contributed by atoms with van der Waals surface area (Å²) in [6.07, 6.45) is 26.5. The lowest BCUT2D eigenvalue weighted by Gasteiger charge is -2.27. The van der Waals surface area contributed by atoms with E-state index in [4.69, 9.17) is 0 Å². The van der Waals surface area contributed by atoms with E-state index in [9.17, 15) is 15.0 Å². The van der Waals surface area contributed by atoms with Gasteiger partial charge in [0.05, 0.1) is 0 Å². The van der Waals surface area contributed by atoms with E-state index in [1.165, 1.54) is 70.6 Å². The average molecular weight is 434 g/mol. The van der Waals surface area contributed by atoms with Gasteiger partial charge in [-0.3, -0.25) is 4.79 Å². The van der Waals surface area contributed by atoms with Crippen LogP contribution < -0.4 is 5.32 Å². The summed E-state index contributed by atoms with van der Waals surface area (Å²) in [5, 5.41) is 22.7. The van der Waals surface area contributed by atoms with E-state index in [1.54, 1.807) is 19.1 Å². The predicted molar refractivity (Wildman–Crippen MR) is 131 cm³/mol. The Labute approximate surface area is 190 Å². The van der Waals surface area contributed by atoms with Crippen LogP contribution in [0.25, 0.3) is 0 Å². The second kappa shape index (κ2) is 17.2. The zero-order valence-corrected chi connectivity index (χ0v) is 20.1. The summed E-state index contributed by atoms with van der Waals surface area (Å²) >= 11 is 0. The molecule has 0 bridgehead atoms. The topological polar surface area (TPSA) is 69.6 Å². The fourth-order valence-electron chi connectivity index (χ4n) is 3.76. The van der Waals surface area contributed by atoms with Gasteiger partial charge in [0.25, 0.3) is 0 Å². The van der Waals surface area contributed by atoms with E-state index in [0.29, 0.717) is 19.4 Å². The third-order valence-electron chi connectivity index (χ3n) is 6.01. The highest BCUT2D eigenvalue weighted by Crippen LogP contribution is 2.22. The Morgan fingerprint density at radius 1 is 1.00 bits per heavy atom. The molecule has 0 aliphatic heterocycles. The van der Waals surface area contributed by atoms with Crippen molar-refractivity contribution in [3.8, 4) is 0 Å². The molecule has 1 aliphatic rings. The van der Waals surface area contributed by atoms with Crippen LogP contribution in [0.1, 0.15) is 110 Å². The van der Waals surface area contributed by atoms with Crippen LogP contribution in [-0.2, 0) is 4.79 Å². The van der Waals surface area contributed by atoms with Crippen LogP contribution in [0.3, 0.4) is 0 Å². The van der Waals surface area contributed by atoms with E-state index in [-0.39, 0.29) is 5.91 Å². The molecular formula is C27H47NO3. The molecule has 1 aliphatic carbocycles. The van der Waals surface area contributed by atoms with Gasteiger partial charge >= 0.3 is 0 Å². The van der Waals surface area contributed by atoms with Crippen molar-refractivity contribution in [2.45, 2.75) is 122 Å². The van der Waals surface area contributed by atoms with E-state index in [1.807, 2.05) is 6.08 Å². The molecular weight excluding hydrogens is 386 g/mol. The summed E-state index contributed by atoms with van der Waals surface area (Å²) in [5.74, 6) is 0.102. The fraction of sp³-hybridized carbons (Fsp3) is 0.741. The van der Waals surface area contributed by atoms with E-state index < -0.39 is 11.7 Å². The van der Waals surface area contributed by atoms with Crippen LogP contribution in [-0.4, -0.2) is 34.4 Å². The third kappa shape index (κ3) is 14.3. The van der Waals surface area contributed by atoms with Crippen molar-refractivity contribution in [3.63, 3.8) is 0 Å². The maximum Gasteiger partial charge on any atom is 0.220 e. The molecule has 0 radical (unpaired) electrons. The first-order chi connectivity index (χ1) is 15.0. The first kappa shape index (κ1) is 27.6. The summed E-state index contributed by atoms with van der Waals surface area (Å²) in [5.41, 5.74) is -0.253. The van der Waals surface area contributed by atoms with Gasteiger partial charge < -0.3 is 15.5 Å². The molecule has 0 spiro atoms. The minimum Gasteiger partial charge on any atom is -0.386 e. The number of aliphatic hydroxyl groups is 2. The quantitative estimate of drug-likeness (QED) is 0.180. The molecule has 3 N–H and O–H groups in total. The van der Waals surface area contributed by atoms with Gasteiger partial charge in [-0.15, -0.1) is 0 Å². The largest absolute Gasteiger partial charge is 0.386 e. The number of rotatable bonds is 18. The first-order valence-electron chi connectivity index (χ1n) is 12.7. The van der Waals surface area contributed by atoms with Crippen molar-refractivity contribution in [1.29, 1.82) is 0 Å². The zero-order valence-electron chi connectivity index (χ0n) is 20.1. The number of carbonyl (C=O) groups is 1. The molecule has 0 aromatic carbocycles. The number of amides is 1. The highest BCUT2D eigenvalue weighted by atomic mass is 16.3. The number of carbonyl (C=O) groups excluding carboxylic acids is 1. The van der Waals surface area contributed by atoms with Crippen molar-refractivity contribution in [2.24, 2.45) is 0 Å². The van der Waals surface area contributed by atoms with Crippen LogP contribution in [0.5, 0.6) is 0 Å². The minimum atomic E-state index is -1.20. The second-order valence-electron chi connectivity index (χ2n) is 9.18. The van der Waals surface area contributed by atoms with Gasteiger partial charge in [0, 0.05) is 13.0 Å². The third-order valence-corrected chi connectivity index (χ3v) is 6.01. The molecule has 0 saturated carbocycles. The van der Waals surface area contributed by atoms with Gasteiger partial charge in [0.2, 0.25) is 5.91 Å². The Hall–Kier alpha value is -1.39. The fourth-order valence-corrected chi connectivity index (χ4v) is 3.76. The molecule has 1 rings (SSSR count). The highest BCUT2D eigenvalue weighted by Gasteiger charge is 2.28. The van der Waals surface area contributed by atoms with Crippen LogP contribution in [0.2, 0.25) is 0 Å². The van der Waals surface area contributed by atoms with Crippen LogP contribution >= 0.6 is 0 Å². The van der Waals surface area contributed by atoms with Gasteiger partial charge in [0.1, 0.15) is 11.7 Å². The summed E-state index contributed by atoms with van der Waals surface area (Å²) in [6, 6.07) is 0. The normalized spacial score (nSPS) is 20.9. The summed E-state index contributed by atoms with van der Waals surface area (Å²) in [4.78, 5) is 11.9. The standard InChI is InChI=1S/C27H47NO3/c1-3-4-5-6-7-8-9-10-11-12-13-14-15-16-17-18-26(30)28-22-20-24-19-21-27(2,31)25(29)23-24/h10-11,19,21,23,25,29,31H,3-9,12-18,20,22H2,1-2H3,(H,28,30)/b11-10-. The molecule has 2 unspecified atom stereocenters. The van der Waals surface area contributed by atoms with E-state index >= 15 is 0 Å². The van der Waals surface area contributed by atoms with Crippen LogP contribution in [0, 0.1) is 0 Å². The summed E-state index contributed by atoms with van der Waals surface area (Å²) < 4.78 is 0. The smallest absolute Gasteiger partial charge is 0.220 e. The van der Waals surface area contributed by atoms with Gasteiger partial charge in [-0.05, 0) is 57.1 Å². The van der Waals surface area contributed by atoms with E-state index in [2.05, 4.69) is 24.4 Å². The number of hydrogen-bond acceptors (Lipinski definition) is 3. The lowest BCUT2D eigenvalue weighted by atomic mass is 9.90. The van der Waals surface area contributed by atoms with Gasteiger partial charge in [-0.2, -0.15) is 0 Å². The van der Waals surface area contributed by atoms with Crippen LogP contribution in [0.15, 0.2) is 36.0 Å². The van der Waals surface area contributed by atoms with Gasteiger partial charge in [0.15, 0.2) is 0 Å². The Balaban J connectivity index is 1.89. The number of nitrogens with one attached hydrogen (secondary N) is 1. The molecule has 0 fully saturated rings. The molecule has 0 aromatic rings. The Bertz CT molecular complexity index is 563. The molecule has 4 nitrogen and oxygen atoms in total. The van der Waals surface area contributed by atoms with Gasteiger partial charge in [-0.25, -0.2) is 0 Å². The number of allylic oxidation sites excluding steroid dienone is 3. The Kier molecular flexibility index (Phi) is 15.3. The van der Waals surface area contributed by atoms with Crippen molar-refractivity contribution >= 4 is 5.91 Å². The Morgan fingerprint density at radius 2 is 1.58 bits per heavy atom.